The lowest BCUT2D eigenvalue weighted by atomic mass is 10.0. The summed E-state index contributed by atoms with van der Waals surface area (Å²) < 4.78 is 0. The van der Waals surface area contributed by atoms with Crippen LogP contribution in [-0.2, 0) is 6.54 Å². The van der Waals surface area contributed by atoms with Crippen molar-refractivity contribution in [3.8, 4) is 0 Å². The highest BCUT2D eigenvalue weighted by Crippen LogP contribution is 2.19. The van der Waals surface area contributed by atoms with E-state index in [9.17, 15) is 0 Å². The van der Waals surface area contributed by atoms with Crippen LogP contribution in [0.3, 0.4) is 0 Å². The van der Waals surface area contributed by atoms with E-state index in [-0.39, 0.29) is 12.6 Å². The summed E-state index contributed by atoms with van der Waals surface area (Å²) in [5.74, 6) is 0. The Bertz CT molecular complexity index is 498. The van der Waals surface area contributed by atoms with E-state index in [2.05, 4.69) is 17.4 Å². The standard InChI is InChI=1S/C17H20ClNO/c18-16-10-8-14(9-11-16)13-19-17(7-4-12-20)15-5-2-1-3-6-15/h1-3,5-6,8-11,17,19-20H,4,7,12-13H2. The van der Waals surface area contributed by atoms with Gasteiger partial charge in [-0.05, 0) is 36.1 Å². The summed E-state index contributed by atoms with van der Waals surface area (Å²) in [6.45, 7) is 1.02. The maximum atomic E-state index is 9.04. The van der Waals surface area contributed by atoms with Crippen LogP contribution in [0.1, 0.15) is 30.0 Å². The Labute approximate surface area is 125 Å². The highest BCUT2D eigenvalue weighted by atomic mass is 35.5. The number of halogens is 1. The average molecular weight is 290 g/mol. The molecule has 20 heavy (non-hydrogen) atoms. The minimum Gasteiger partial charge on any atom is -0.396 e. The molecule has 1 atom stereocenters. The van der Waals surface area contributed by atoms with Crippen molar-refractivity contribution in [2.24, 2.45) is 0 Å². The van der Waals surface area contributed by atoms with Crippen molar-refractivity contribution >= 4 is 11.6 Å². The van der Waals surface area contributed by atoms with Crippen LogP contribution in [0, 0.1) is 0 Å². The molecule has 1 unspecified atom stereocenters. The van der Waals surface area contributed by atoms with Crippen molar-refractivity contribution in [2.75, 3.05) is 6.61 Å². The minimum atomic E-state index is 0.228. The van der Waals surface area contributed by atoms with Crippen molar-refractivity contribution in [3.05, 3.63) is 70.7 Å². The van der Waals surface area contributed by atoms with Gasteiger partial charge < -0.3 is 10.4 Å². The molecule has 0 aliphatic rings. The van der Waals surface area contributed by atoms with E-state index in [0.29, 0.717) is 0 Å². The van der Waals surface area contributed by atoms with Crippen molar-refractivity contribution < 1.29 is 5.11 Å². The molecule has 2 N–H and O–H groups in total. The van der Waals surface area contributed by atoms with Gasteiger partial charge in [-0.3, -0.25) is 0 Å². The van der Waals surface area contributed by atoms with Crippen molar-refractivity contribution in [1.29, 1.82) is 0 Å². The fourth-order valence-electron chi connectivity index (χ4n) is 2.21. The summed E-state index contributed by atoms with van der Waals surface area (Å²) in [5, 5.41) is 13.3. The second-order valence-corrected chi connectivity index (χ2v) is 5.27. The number of rotatable bonds is 7. The number of benzene rings is 2. The first kappa shape index (κ1) is 15.0. The van der Waals surface area contributed by atoms with Gasteiger partial charge in [0.25, 0.3) is 0 Å². The van der Waals surface area contributed by atoms with Crippen molar-refractivity contribution in [1.82, 2.24) is 5.32 Å². The molecule has 0 heterocycles. The summed E-state index contributed by atoms with van der Waals surface area (Å²) in [5.41, 5.74) is 2.47. The van der Waals surface area contributed by atoms with Gasteiger partial charge in [0.05, 0.1) is 0 Å². The van der Waals surface area contributed by atoms with Crippen LogP contribution < -0.4 is 5.32 Å². The fraction of sp³-hybridized carbons (Fsp3) is 0.294. The minimum absolute atomic E-state index is 0.228. The Hall–Kier alpha value is -1.35. The molecule has 2 aromatic rings. The zero-order chi connectivity index (χ0) is 14.2. The monoisotopic (exact) mass is 289 g/mol. The van der Waals surface area contributed by atoms with Crippen LogP contribution in [0.4, 0.5) is 0 Å². The van der Waals surface area contributed by atoms with E-state index < -0.39 is 0 Å². The highest BCUT2D eigenvalue weighted by Gasteiger charge is 2.10. The van der Waals surface area contributed by atoms with E-state index >= 15 is 0 Å². The molecule has 2 aromatic carbocycles. The third kappa shape index (κ3) is 4.64. The maximum Gasteiger partial charge on any atom is 0.0431 e. The Kier molecular flexibility index (Phi) is 6.06. The molecule has 0 aromatic heterocycles. The summed E-state index contributed by atoms with van der Waals surface area (Å²) in [4.78, 5) is 0. The van der Waals surface area contributed by atoms with Gasteiger partial charge in [0.2, 0.25) is 0 Å². The molecule has 0 spiro atoms. The maximum absolute atomic E-state index is 9.04. The smallest absolute Gasteiger partial charge is 0.0431 e. The fourth-order valence-corrected chi connectivity index (χ4v) is 2.34. The Morgan fingerprint density at radius 3 is 2.35 bits per heavy atom. The second-order valence-electron chi connectivity index (χ2n) is 4.84. The van der Waals surface area contributed by atoms with Gasteiger partial charge in [-0.25, -0.2) is 0 Å². The van der Waals surface area contributed by atoms with Crippen LogP contribution in [-0.4, -0.2) is 11.7 Å². The lowest BCUT2D eigenvalue weighted by molar-refractivity contribution is 0.275. The molecule has 106 valence electrons. The molecular formula is C17H20ClNO. The molecule has 0 aliphatic carbocycles. The summed E-state index contributed by atoms with van der Waals surface area (Å²) >= 11 is 5.89. The van der Waals surface area contributed by atoms with Gasteiger partial charge in [-0.15, -0.1) is 0 Å². The Morgan fingerprint density at radius 2 is 1.70 bits per heavy atom. The van der Waals surface area contributed by atoms with Crippen LogP contribution in [0.5, 0.6) is 0 Å². The number of aliphatic hydroxyl groups excluding tert-OH is 1. The van der Waals surface area contributed by atoms with Gasteiger partial charge in [0.15, 0.2) is 0 Å². The van der Waals surface area contributed by atoms with E-state index in [4.69, 9.17) is 16.7 Å². The largest absolute Gasteiger partial charge is 0.396 e. The first-order valence-electron chi connectivity index (χ1n) is 6.93. The summed E-state index contributed by atoms with van der Waals surface area (Å²) in [6, 6.07) is 18.5. The van der Waals surface area contributed by atoms with Crippen LogP contribution in [0.15, 0.2) is 54.6 Å². The van der Waals surface area contributed by atoms with Crippen LogP contribution in [0.25, 0.3) is 0 Å². The molecule has 0 amide bonds. The number of hydrogen-bond donors (Lipinski definition) is 2. The third-order valence-electron chi connectivity index (χ3n) is 3.32. The first-order chi connectivity index (χ1) is 9.79. The zero-order valence-electron chi connectivity index (χ0n) is 11.4. The number of hydrogen-bond acceptors (Lipinski definition) is 2. The summed E-state index contributed by atoms with van der Waals surface area (Å²) in [7, 11) is 0. The van der Waals surface area contributed by atoms with Crippen LogP contribution >= 0.6 is 11.6 Å². The van der Waals surface area contributed by atoms with E-state index in [1.54, 1.807) is 0 Å². The van der Waals surface area contributed by atoms with Crippen molar-refractivity contribution in [3.63, 3.8) is 0 Å². The first-order valence-corrected chi connectivity index (χ1v) is 7.31. The second kappa shape index (κ2) is 8.05. The van der Waals surface area contributed by atoms with E-state index in [0.717, 1.165) is 24.4 Å². The van der Waals surface area contributed by atoms with Gasteiger partial charge >= 0.3 is 0 Å². The molecular weight excluding hydrogens is 270 g/mol. The predicted molar refractivity (Wildman–Crippen MR) is 83.8 cm³/mol. The quantitative estimate of drug-likeness (QED) is 0.809. The normalized spacial score (nSPS) is 12.3. The summed E-state index contributed by atoms with van der Waals surface area (Å²) in [6.07, 6.45) is 1.72. The molecule has 0 saturated heterocycles. The predicted octanol–water partition coefficient (Wildman–Crippen LogP) is 3.94. The Morgan fingerprint density at radius 1 is 1.00 bits per heavy atom. The zero-order valence-corrected chi connectivity index (χ0v) is 12.2. The van der Waals surface area contributed by atoms with Crippen LogP contribution in [0.2, 0.25) is 5.02 Å². The molecule has 0 fully saturated rings. The van der Waals surface area contributed by atoms with Crippen molar-refractivity contribution in [2.45, 2.75) is 25.4 Å². The van der Waals surface area contributed by atoms with Gasteiger partial charge in [0.1, 0.15) is 0 Å². The highest BCUT2D eigenvalue weighted by molar-refractivity contribution is 6.30. The SMILES string of the molecule is OCCCC(NCc1ccc(Cl)cc1)c1ccccc1. The molecule has 0 bridgehead atoms. The van der Waals surface area contributed by atoms with Gasteiger partial charge in [-0.1, -0.05) is 54.1 Å². The average Bonchev–Trinajstić information content (AvgIpc) is 2.50. The van der Waals surface area contributed by atoms with Gasteiger partial charge in [0, 0.05) is 24.2 Å². The molecule has 2 nitrogen and oxygen atoms in total. The molecule has 0 radical (unpaired) electrons. The lowest BCUT2D eigenvalue weighted by Gasteiger charge is -2.19. The molecule has 0 aliphatic heterocycles. The molecule has 3 heteroatoms. The lowest BCUT2D eigenvalue weighted by Crippen LogP contribution is -2.21. The van der Waals surface area contributed by atoms with E-state index in [1.807, 2.05) is 42.5 Å². The molecule has 0 saturated carbocycles. The van der Waals surface area contributed by atoms with E-state index in [1.165, 1.54) is 11.1 Å². The molecule has 2 rings (SSSR count). The van der Waals surface area contributed by atoms with Gasteiger partial charge in [-0.2, -0.15) is 0 Å². The Balaban J connectivity index is 1.99. The number of nitrogens with one attached hydrogen (secondary N) is 1. The number of aliphatic hydroxyl groups is 1. The topological polar surface area (TPSA) is 32.3 Å². The third-order valence-corrected chi connectivity index (χ3v) is 3.57.